The summed E-state index contributed by atoms with van der Waals surface area (Å²) in [6.45, 7) is 0. The summed E-state index contributed by atoms with van der Waals surface area (Å²) in [7, 11) is 0. The van der Waals surface area contributed by atoms with Crippen molar-refractivity contribution in [2.24, 2.45) is 0 Å². The van der Waals surface area contributed by atoms with E-state index in [9.17, 15) is 4.79 Å². The highest BCUT2D eigenvalue weighted by atomic mass is 16.1. The van der Waals surface area contributed by atoms with E-state index in [0.29, 0.717) is 10.9 Å². The van der Waals surface area contributed by atoms with E-state index in [1.165, 1.54) is 0 Å². The van der Waals surface area contributed by atoms with Gasteiger partial charge in [0, 0.05) is 23.2 Å². The Balaban J connectivity index is 2.65. The van der Waals surface area contributed by atoms with Crippen LogP contribution in [0.4, 0.5) is 0 Å². The van der Waals surface area contributed by atoms with Crippen molar-refractivity contribution >= 4 is 21.7 Å². The van der Waals surface area contributed by atoms with Crippen molar-refractivity contribution in [2.75, 3.05) is 0 Å². The van der Waals surface area contributed by atoms with Crippen molar-refractivity contribution in [3.05, 3.63) is 53.1 Å². The first-order chi connectivity index (χ1) is 7.86. The van der Waals surface area contributed by atoms with Gasteiger partial charge in [0.25, 0.3) is 5.56 Å². The molecule has 0 saturated heterocycles. The average Bonchev–Trinajstić information content (AvgIpc) is 2.61. The molecule has 0 saturated carbocycles. The number of hydrogen-bond acceptors (Lipinski definition) is 4. The normalized spacial score (nSPS) is 10.8. The van der Waals surface area contributed by atoms with E-state index in [-0.39, 0.29) is 5.56 Å². The minimum Gasteiger partial charge on any atom is -0.267 e. The van der Waals surface area contributed by atoms with E-state index in [2.05, 4.69) is 15.2 Å². The zero-order chi connectivity index (χ0) is 11.0. The number of rotatable bonds is 0. The second kappa shape index (κ2) is 3.34. The Labute approximate surface area is 90.6 Å². The van der Waals surface area contributed by atoms with Crippen molar-refractivity contribution in [1.29, 1.82) is 0 Å². The maximum atomic E-state index is 11.6. The van der Waals surface area contributed by atoms with Gasteiger partial charge in [-0.2, -0.15) is 10.2 Å². The van der Waals surface area contributed by atoms with Crippen LogP contribution in [0.1, 0.15) is 0 Å². The smallest absolute Gasteiger partial charge is 0.267 e. The van der Waals surface area contributed by atoms with Crippen molar-refractivity contribution in [3.8, 4) is 0 Å². The third kappa shape index (κ3) is 1.24. The lowest BCUT2D eigenvalue weighted by Gasteiger charge is -1.93. The number of fused-ring (bicyclic) bond motifs is 3. The molecular weight excluding hydrogens is 202 g/mol. The van der Waals surface area contributed by atoms with E-state index in [1.54, 1.807) is 18.5 Å². The molecule has 2 aromatic heterocycles. The van der Waals surface area contributed by atoms with Crippen LogP contribution < -0.4 is 5.56 Å². The molecule has 0 atom stereocenters. The molecule has 16 heavy (non-hydrogen) atoms. The summed E-state index contributed by atoms with van der Waals surface area (Å²) < 4.78 is 0. The molecule has 4 heteroatoms. The molecule has 0 aliphatic carbocycles. The van der Waals surface area contributed by atoms with E-state index in [1.807, 2.05) is 24.3 Å². The highest BCUT2D eigenvalue weighted by molar-refractivity contribution is 6.05. The predicted octanol–water partition coefficient (Wildman–Crippen LogP) is 1.54. The highest BCUT2D eigenvalue weighted by Gasteiger charge is 2.05. The molecular formula is C12H7N3O. The van der Waals surface area contributed by atoms with Gasteiger partial charge in [0.05, 0.1) is 10.9 Å². The molecule has 0 aliphatic rings. The maximum Gasteiger partial charge on any atom is 0.278 e. The first-order valence-electron chi connectivity index (χ1n) is 4.86. The third-order valence-electron chi connectivity index (χ3n) is 2.48. The lowest BCUT2D eigenvalue weighted by Crippen LogP contribution is -1.97. The molecule has 0 aliphatic heterocycles. The van der Waals surface area contributed by atoms with Crippen molar-refractivity contribution < 1.29 is 0 Å². The summed E-state index contributed by atoms with van der Waals surface area (Å²) in [6, 6.07) is 9.14. The van der Waals surface area contributed by atoms with Gasteiger partial charge in [-0.05, 0) is 12.1 Å². The van der Waals surface area contributed by atoms with Crippen LogP contribution in [0.25, 0.3) is 21.7 Å². The molecule has 0 unspecified atom stereocenters. The average molecular weight is 209 g/mol. The topological polar surface area (TPSA) is 55.7 Å². The van der Waals surface area contributed by atoms with E-state index in [4.69, 9.17) is 0 Å². The summed E-state index contributed by atoms with van der Waals surface area (Å²) in [5, 5.41) is 10.1. The van der Waals surface area contributed by atoms with Crippen LogP contribution in [0, 0.1) is 0 Å². The van der Waals surface area contributed by atoms with Gasteiger partial charge in [0.1, 0.15) is 0 Å². The van der Waals surface area contributed by atoms with Gasteiger partial charge < -0.3 is 0 Å². The highest BCUT2D eigenvalue weighted by Crippen LogP contribution is 2.19. The molecule has 0 fully saturated rings. The molecule has 4 nitrogen and oxygen atoms in total. The van der Waals surface area contributed by atoms with Crippen molar-refractivity contribution in [2.45, 2.75) is 0 Å². The molecule has 3 aromatic rings. The molecule has 1 aromatic carbocycles. The standard InChI is InChI=1S/C12H7N3O/c16-12-11-8(7-13-12)4-5-10-9(11)3-1-2-6-14-15-10/h1-7H. The second-order valence-electron chi connectivity index (χ2n) is 3.44. The van der Waals surface area contributed by atoms with E-state index >= 15 is 0 Å². The molecule has 0 radical (unpaired) electrons. The molecule has 3 rings (SSSR count). The molecule has 0 N–H and O–H groups in total. The Morgan fingerprint density at radius 2 is 2.00 bits per heavy atom. The Hall–Kier alpha value is -2.36. The number of nitrogens with zero attached hydrogens (tertiary/aromatic N) is 3. The lowest BCUT2D eigenvalue weighted by molar-refractivity contribution is 1.08. The van der Waals surface area contributed by atoms with Crippen LogP contribution in [0.2, 0.25) is 0 Å². The van der Waals surface area contributed by atoms with Gasteiger partial charge in [0.2, 0.25) is 0 Å². The summed E-state index contributed by atoms with van der Waals surface area (Å²) >= 11 is 0. The Morgan fingerprint density at radius 1 is 1.06 bits per heavy atom. The monoisotopic (exact) mass is 209 g/mol. The minimum atomic E-state index is -0.212. The first-order valence-corrected chi connectivity index (χ1v) is 4.86. The van der Waals surface area contributed by atoms with Crippen molar-refractivity contribution in [3.63, 3.8) is 0 Å². The quantitative estimate of drug-likeness (QED) is 0.563. The number of benzene rings is 1. The lowest BCUT2D eigenvalue weighted by atomic mass is 10.1. The van der Waals surface area contributed by atoms with Gasteiger partial charge in [-0.1, -0.05) is 18.2 Å². The fourth-order valence-electron chi connectivity index (χ4n) is 1.76. The zero-order valence-corrected chi connectivity index (χ0v) is 8.29. The van der Waals surface area contributed by atoms with Gasteiger partial charge in [-0.25, -0.2) is 4.98 Å². The molecule has 76 valence electrons. The maximum absolute atomic E-state index is 11.6. The van der Waals surface area contributed by atoms with E-state index in [0.717, 1.165) is 10.8 Å². The van der Waals surface area contributed by atoms with Gasteiger partial charge in [-0.15, -0.1) is 0 Å². The fraction of sp³-hybridized carbons (Fsp3) is 0. The Morgan fingerprint density at radius 3 is 2.94 bits per heavy atom. The second-order valence-corrected chi connectivity index (χ2v) is 3.44. The van der Waals surface area contributed by atoms with Crippen LogP contribution in [0.3, 0.4) is 0 Å². The first kappa shape index (κ1) is 8.91. The van der Waals surface area contributed by atoms with Crippen LogP contribution in [0.5, 0.6) is 0 Å². The summed E-state index contributed by atoms with van der Waals surface area (Å²) in [4.78, 5) is 15.4. The minimum absolute atomic E-state index is 0.212. The molecule has 0 amide bonds. The fourth-order valence-corrected chi connectivity index (χ4v) is 1.76. The van der Waals surface area contributed by atoms with Crippen LogP contribution in [-0.4, -0.2) is 15.2 Å². The Bertz CT molecular complexity index is 740. The van der Waals surface area contributed by atoms with Crippen LogP contribution in [0.15, 0.2) is 47.5 Å². The van der Waals surface area contributed by atoms with Gasteiger partial charge in [0.15, 0.2) is 0 Å². The summed E-state index contributed by atoms with van der Waals surface area (Å²) in [6.07, 6.45) is 3.18. The van der Waals surface area contributed by atoms with E-state index < -0.39 is 0 Å². The number of hydrogen-bond donors (Lipinski definition) is 0. The third-order valence-corrected chi connectivity index (χ3v) is 2.48. The summed E-state index contributed by atoms with van der Waals surface area (Å²) in [5.41, 5.74) is 0.481. The molecule has 2 heterocycles. The van der Waals surface area contributed by atoms with Gasteiger partial charge >= 0.3 is 0 Å². The van der Waals surface area contributed by atoms with Gasteiger partial charge in [-0.3, -0.25) is 4.79 Å². The molecule has 0 spiro atoms. The van der Waals surface area contributed by atoms with Crippen molar-refractivity contribution in [1.82, 2.24) is 15.2 Å². The van der Waals surface area contributed by atoms with Crippen LogP contribution >= 0.6 is 0 Å². The number of aromatic nitrogens is 3. The molecule has 0 bridgehead atoms. The Kier molecular flexibility index (Phi) is 1.86. The summed E-state index contributed by atoms with van der Waals surface area (Å²) in [5.74, 6) is 0. The largest absolute Gasteiger partial charge is 0.278 e. The zero-order valence-electron chi connectivity index (χ0n) is 8.29. The SMILES string of the molecule is O=c1ncc2ccc3nnccccc3c12. The predicted molar refractivity (Wildman–Crippen MR) is 61.1 cm³/mol. The van der Waals surface area contributed by atoms with Crippen LogP contribution in [-0.2, 0) is 0 Å².